The van der Waals surface area contributed by atoms with Crippen LogP contribution in [-0.2, 0) is 54.6 Å². The van der Waals surface area contributed by atoms with Crippen LogP contribution in [-0.4, -0.2) is 94.8 Å². The molecule has 2 aliphatic carbocycles. The fourth-order valence-electron chi connectivity index (χ4n) is 11.0. The normalized spacial score (nSPS) is 22.4. The highest BCUT2D eigenvalue weighted by Gasteiger charge is 2.47. The molecule has 0 saturated carbocycles. The van der Waals surface area contributed by atoms with E-state index in [1.54, 1.807) is 35.9 Å². The molecule has 0 aromatic heterocycles. The Kier molecular flexibility index (Phi) is 16.8. The quantitative estimate of drug-likeness (QED) is 0.110. The number of amides is 6. The maximum Gasteiger partial charge on any atom is 0.251 e. The molecule has 3 aromatic carbocycles. The Hall–Kier alpha value is -5.89. The van der Waals surface area contributed by atoms with Gasteiger partial charge in [-0.25, -0.2) is 0 Å². The molecule has 1 fully saturated rings. The maximum atomic E-state index is 14.9. The molecule has 2 aliphatic heterocycles. The fourth-order valence-corrected chi connectivity index (χ4v) is 11.0. The van der Waals surface area contributed by atoms with Crippen LogP contribution in [0.4, 0.5) is 0 Å². The summed E-state index contributed by atoms with van der Waals surface area (Å²) in [5.41, 5.74) is 5.08. The zero-order valence-corrected chi connectivity index (χ0v) is 44.3. The smallest absolute Gasteiger partial charge is 0.251 e. The van der Waals surface area contributed by atoms with Crippen LogP contribution in [0, 0.1) is 22.7 Å². The average Bonchev–Trinajstić information content (AvgIpc) is 3.78. The van der Waals surface area contributed by atoms with Crippen LogP contribution < -0.4 is 26.6 Å². The summed E-state index contributed by atoms with van der Waals surface area (Å²) in [5, 5.41) is 15.7. The number of nitrogens with zero attached hydrogens (tertiary/aromatic N) is 2. The van der Waals surface area contributed by atoms with Gasteiger partial charge in [0.15, 0.2) is 0 Å². The van der Waals surface area contributed by atoms with Gasteiger partial charge in [0.1, 0.15) is 23.9 Å². The molecule has 2 heterocycles. The molecule has 5 N–H and O–H groups in total. The topological polar surface area (TPSA) is 186 Å². The Bertz CT molecular complexity index is 2530. The third-order valence-corrected chi connectivity index (χ3v) is 15.9. The van der Waals surface area contributed by atoms with Crippen molar-refractivity contribution in [3.63, 3.8) is 0 Å². The molecule has 0 spiro atoms. The van der Waals surface area contributed by atoms with Crippen LogP contribution in [0.1, 0.15) is 163 Å². The Balaban J connectivity index is 1.16. The Morgan fingerprint density at radius 1 is 0.681 bits per heavy atom. The molecule has 72 heavy (non-hydrogen) atoms. The summed E-state index contributed by atoms with van der Waals surface area (Å²) in [4.78, 5) is 103. The number of hydrogen-bond acceptors (Lipinski definition) is 8. The number of aryl methyl sites for hydroxylation is 2. The third kappa shape index (κ3) is 12.1. The summed E-state index contributed by atoms with van der Waals surface area (Å²) >= 11 is 0. The zero-order chi connectivity index (χ0) is 52.2. The van der Waals surface area contributed by atoms with Crippen molar-refractivity contribution in [1.29, 1.82) is 0 Å². The molecular formula is C58H79N7O7. The highest BCUT2D eigenvalue weighted by molar-refractivity contribution is 5.97. The first-order valence-corrected chi connectivity index (χ1v) is 26.4. The second-order valence-corrected chi connectivity index (χ2v) is 23.1. The van der Waals surface area contributed by atoms with Crippen LogP contribution in [0.5, 0.6) is 0 Å². The van der Waals surface area contributed by atoms with Crippen molar-refractivity contribution in [2.75, 3.05) is 13.6 Å². The van der Waals surface area contributed by atoms with Gasteiger partial charge in [-0.05, 0) is 122 Å². The molecule has 0 radical (unpaired) electrons. The van der Waals surface area contributed by atoms with Crippen molar-refractivity contribution in [3.8, 4) is 0 Å². The molecular weight excluding hydrogens is 907 g/mol. The van der Waals surface area contributed by atoms with Crippen molar-refractivity contribution < 1.29 is 33.6 Å². The summed E-state index contributed by atoms with van der Waals surface area (Å²) in [5.74, 6) is -3.01. The van der Waals surface area contributed by atoms with Gasteiger partial charge in [-0.1, -0.05) is 110 Å². The Morgan fingerprint density at radius 2 is 1.26 bits per heavy atom. The predicted octanol–water partition coefficient (Wildman–Crippen LogP) is 6.83. The predicted molar refractivity (Wildman–Crippen MR) is 278 cm³/mol. The Morgan fingerprint density at radius 3 is 1.82 bits per heavy atom. The molecule has 6 amide bonds. The van der Waals surface area contributed by atoms with Gasteiger partial charge in [-0.3, -0.25) is 33.6 Å². The highest BCUT2D eigenvalue weighted by Crippen LogP contribution is 2.37. The monoisotopic (exact) mass is 986 g/mol. The van der Waals surface area contributed by atoms with Crippen LogP contribution in [0.2, 0.25) is 0 Å². The van der Waals surface area contributed by atoms with Gasteiger partial charge in [0.25, 0.3) is 5.91 Å². The van der Waals surface area contributed by atoms with E-state index in [1.165, 1.54) is 11.1 Å². The minimum Gasteiger partial charge on any atom is -0.347 e. The number of likely N-dealkylation sites (tertiary alicyclic amines) is 1. The van der Waals surface area contributed by atoms with Crippen LogP contribution in [0.25, 0.3) is 0 Å². The molecule has 3 unspecified atom stereocenters. The Labute approximate surface area is 427 Å². The summed E-state index contributed by atoms with van der Waals surface area (Å²) in [6.07, 6.45) is 6.10. The SMILES string of the molecule is CC[C@@H](C)C(=O)N[C@H](C(=O)N1Cc2ccc(C(=O)NC3C[C@@H](C(=O)NC4CCCc5ccccc54)N(C(=O)[C@@H](CC(=O)[C@H](C)NC)C(C)(C)C)C3)cc2C[C@@H]1C(=O)NC1CCCc2ccccc21)C(C)(C)C. The minimum atomic E-state index is -0.939. The van der Waals surface area contributed by atoms with Gasteiger partial charge in [0.2, 0.25) is 29.5 Å². The molecule has 388 valence electrons. The number of carbonyl (C=O) groups is 7. The molecule has 1 saturated heterocycles. The van der Waals surface area contributed by atoms with Gasteiger partial charge < -0.3 is 36.4 Å². The number of fused-ring (bicyclic) bond motifs is 3. The molecule has 14 nitrogen and oxygen atoms in total. The number of Topliss-reactive ketones (excluding diaryl/α,β-unsaturated/α-hetero) is 1. The van der Waals surface area contributed by atoms with Crippen LogP contribution >= 0.6 is 0 Å². The van der Waals surface area contributed by atoms with Gasteiger partial charge in [-0.2, -0.15) is 0 Å². The molecule has 9 atom stereocenters. The van der Waals surface area contributed by atoms with Crippen molar-refractivity contribution in [1.82, 2.24) is 36.4 Å². The summed E-state index contributed by atoms with van der Waals surface area (Å²) in [7, 11) is 1.71. The molecule has 0 bridgehead atoms. The first kappa shape index (κ1) is 53.9. The number of nitrogens with one attached hydrogen (secondary N) is 5. The van der Waals surface area contributed by atoms with Crippen molar-refractivity contribution in [2.45, 2.75) is 175 Å². The fraction of sp³-hybridized carbons (Fsp3) is 0.569. The maximum absolute atomic E-state index is 14.9. The largest absolute Gasteiger partial charge is 0.347 e. The molecule has 14 heteroatoms. The first-order chi connectivity index (χ1) is 34.1. The second-order valence-electron chi connectivity index (χ2n) is 23.1. The van der Waals surface area contributed by atoms with Gasteiger partial charge in [0, 0.05) is 49.4 Å². The van der Waals surface area contributed by atoms with E-state index in [4.69, 9.17) is 0 Å². The number of rotatable bonds is 15. The standard InChI is InChI=1S/C58H79N7O7/c1-11-34(2)51(67)63-50(58(7,8)9)56(72)64-32-39-27-26-38(28-40(39)29-47(64)53(69)61-45-24-16-20-36-18-12-14-22-42(36)45)52(68)60-41-30-48(54(70)62-46-25-17-21-37-19-13-15-23-43(37)46)65(33-41)55(71)44(57(4,5)6)31-49(66)35(3)59-10/h12-15,18-19,22-23,26-28,34-35,41,44-48,50,59H,11,16-17,20-21,24-25,29-33H2,1-10H3,(H,60,68)(H,61,69)(H,62,70)(H,63,67)/t34-,35+,41?,44-,45?,46?,47-,48+,50-/m1/s1. The van der Waals surface area contributed by atoms with Crippen molar-refractivity contribution >= 4 is 41.2 Å². The van der Waals surface area contributed by atoms with E-state index < -0.39 is 52.9 Å². The highest BCUT2D eigenvalue weighted by atomic mass is 16.2. The van der Waals surface area contributed by atoms with E-state index in [-0.39, 0.29) is 85.7 Å². The second kappa shape index (κ2) is 22.5. The van der Waals surface area contributed by atoms with Crippen LogP contribution in [0.3, 0.4) is 0 Å². The lowest BCUT2D eigenvalue weighted by Gasteiger charge is -2.42. The summed E-state index contributed by atoms with van der Waals surface area (Å²) in [6, 6.07) is 17.3. The van der Waals surface area contributed by atoms with Crippen molar-refractivity contribution in [3.05, 3.63) is 106 Å². The zero-order valence-electron chi connectivity index (χ0n) is 44.3. The van der Waals surface area contributed by atoms with Crippen LogP contribution in [0.15, 0.2) is 66.7 Å². The minimum absolute atomic E-state index is 0.00309. The lowest BCUT2D eigenvalue weighted by molar-refractivity contribution is -0.147. The lowest BCUT2D eigenvalue weighted by atomic mass is 9.76. The number of ketones is 1. The molecule has 7 rings (SSSR count). The van der Waals surface area contributed by atoms with E-state index in [0.717, 1.165) is 60.8 Å². The van der Waals surface area contributed by atoms with Gasteiger partial charge >= 0.3 is 0 Å². The van der Waals surface area contributed by atoms with E-state index in [9.17, 15) is 33.6 Å². The number of likely N-dealkylation sites (N-methyl/N-ethyl adjacent to an activating group) is 1. The van der Waals surface area contributed by atoms with E-state index in [1.807, 2.05) is 97.9 Å². The number of hydrogen-bond donors (Lipinski definition) is 5. The van der Waals surface area contributed by atoms with E-state index >= 15 is 0 Å². The van der Waals surface area contributed by atoms with E-state index in [0.29, 0.717) is 12.0 Å². The van der Waals surface area contributed by atoms with Crippen molar-refractivity contribution in [2.24, 2.45) is 22.7 Å². The van der Waals surface area contributed by atoms with Gasteiger partial charge in [0.05, 0.1) is 18.1 Å². The summed E-state index contributed by atoms with van der Waals surface area (Å²) < 4.78 is 0. The molecule has 4 aliphatic rings. The third-order valence-electron chi connectivity index (χ3n) is 15.9. The summed E-state index contributed by atoms with van der Waals surface area (Å²) in [6.45, 7) is 17.2. The van der Waals surface area contributed by atoms with Gasteiger partial charge in [-0.15, -0.1) is 0 Å². The average molecular weight is 986 g/mol. The lowest BCUT2D eigenvalue weighted by Crippen LogP contribution is -2.61. The first-order valence-electron chi connectivity index (χ1n) is 26.4. The number of benzene rings is 3. The number of carbonyl (C=O) groups excluding carboxylic acids is 7. The van der Waals surface area contributed by atoms with E-state index in [2.05, 4.69) is 38.7 Å². The molecule has 3 aromatic rings.